The molecule has 4 aromatic rings. The van der Waals surface area contributed by atoms with Crippen molar-refractivity contribution in [3.8, 4) is 23.1 Å². The smallest absolute Gasteiger partial charge is 0.407 e. The summed E-state index contributed by atoms with van der Waals surface area (Å²) >= 11 is 0. The lowest BCUT2D eigenvalue weighted by atomic mass is 10.0. The average molecular weight is 826 g/mol. The summed E-state index contributed by atoms with van der Waals surface area (Å²) in [5.74, 6) is 7.69. The molecule has 2 fully saturated rings. The van der Waals surface area contributed by atoms with Gasteiger partial charge in [-0.15, -0.1) is 5.10 Å². The number of nitrogens with zero attached hydrogens (tertiary/aromatic N) is 6. The summed E-state index contributed by atoms with van der Waals surface area (Å²) in [6, 6.07) is 12.4. The van der Waals surface area contributed by atoms with E-state index in [9.17, 15) is 14.4 Å². The highest BCUT2D eigenvalue weighted by Crippen LogP contribution is 2.34. The van der Waals surface area contributed by atoms with Crippen molar-refractivity contribution in [3.63, 3.8) is 0 Å². The summed E-state index contributed by atoms with van der Waals surface area (Å²) in [4.78, 5) is 67.8. The van der Waals surface area contributed by atoms with Gasteiger partial charge in [-0.1, -0.05) is 37.8 Å². The number of imidazole rings is 2. The van der Waals surface area contributed by atoms with Crippen molar-refractivity contribution in [3.05, 3.63) is 71.4 Å². The molecule has 2 aromatic heterocycles. The molecule has 4 heterocycles. The first-order chi connectivity index (χ1) is 25.7. The fraction of sp³-hybridized carbons (Fsp3) is 0.421. The minimum absolute atomic E-state index is 0. The van der Waals surface area contributed by atoms with Gasteiger partial charge in [0.1, 0.15) is 17.7 Å². The highest BCUT2D eigenvalue weighted by molar-refractivity contribution is 7.59. The van der Waals surface area contributed by atoms with Crippen molar-refractivity contribution in [2.45, 2.75) is 64.6 Å². The lowest BCUT2D eigenvalue weighted by Crippen LogP contribution is -2.51. The van der Waals surface area contributed by atoms with E-state index in [1.54, 1.807) is 16.0 Å². The number of hydrogen-bond donors (Lipinski definition) is 3. The number of carbonyl (C=O) groups is 3. The molecular formula is C38H51N9O6S3. The zero-order valence-electron chi connectivity index (χ0n) is 32.1. The molecule has 0 unspecified atom stereocenters. The zero-order valence-corrected chi connectivity index (χ0v) is 35.1. The molecule has 4 amide bonds. The van der Waals surface area contributed by atoms with Gasteiger partial charge in [-0.2, -0.15) is 45.4 Å². The summed E-state index contributed by atoms with van der Waals surface area (Å²) in [6.45, 7) is 7.21. The number of carbonyl (C=O) groups excluding carboxylic acids is 3. The Kier molecular flexibility index (Phi) is 17.0. The number of fused-ring (bicyclic) bond motifs is 1. The molecule has 3 atom stereocenters. The van der Waals surface area contributed by atoms with Crippen molar-refractivity contribution >= 4 is 76.0 Å². The standard InChI is InChI=1S/C38H45N9O6.3H2S/c1-6-47(40-23-53-52-5)38(50)46-20-8-9-31(46)34-39-22-30(43-34)27-16-13-25(14-17-27)11-12-26-15-18-28-29(21-26)42-35(41-28)32-10-7-19-45(32)36(48)33(24(2)3)44-37(49)51-4;;;/h13-18,21-24,31-33H,6-10,19-20H2,1-5H3,(H,39,43)(H,41,42)(H,44,49);3*1H2/b40-23-;;;/t31-,32-,33-;;;/m0.../s1. The van der Waals surface area contributed by atoms with Crippen LogP contribution < -0.4 is 5.32 Å². The maximum absolute atomic E-state index is 13.5. The van der Waals surface area contributed by atoms with Crippen LogP contribution in [-0.2, 0) is 19.3 Å². The Bertz CT molecular complexity index is 2030. The SMILES string of the molecule is CCN(/N=C\OOC)C(=O)N1CCC[C@H]1c1ncc(-c2ccc(C#Cc3ccc4nc([C@@H]5CCCN5C(=O)[C@@H](NC(=O)OC)C(C)C)[nH]c4c3)cc2)[nH]1.S.S.S. The third kappa shape index (κ3) is 10.3. The number of methoxy groups -OCH3 is 1. The topological polar surface area (TPSA) is 170 Å². The molecule has 0 radical (unpaired) electrons. The van der Waals surface area contributed by atoms with Gasteiger partial charge in [0.25, 0.3) is 0 Å². The molecule has 18 heteroatoms. The van der Waals surface area contributed by atoms with Crippen LogP contribution in [0.25, 0.3) is 22.3 Å². The summed E-state index contributed by atoms with van der Waals surface area (Å²) in [5, 5.41) is 8.07. The Hall–Kier alpha value is -4.83. The fourth-order valence-corrected chi connectivity index (χ4v) is 6.80. The number of aromatic amines is 2. The first kappa shape index (κ1) is 45.6. The van der Waals surface area contributed by atoms with E-state index < -0.39 is 12.1 Å². The van der Waals surface area contributed by atoms with Crippen LogP contribution in [-0.4, -0.2) is 99.1 Å². The number of alkyl carbamates (subject to hydrolysis) is 1. The predicted molar refractivity (Wildman–Crippen MR) is 228 cm³/mol. The zero-order chi connectivity index (χ0) is 37.5. The van der Waals surface area contributed by atoms with Crippen molar-refractivity contribution in [1.29, 1.82) is 0 Å². The van der Waals surface area contributed by atoms with Crippen LogP contribution in [0.1, 0.15) is 81.3 Å². The molecule has 0 saturated carbocycles. The monoisotopic (exact) mass is 825 g/mol. The first-order valence-corrected chi connectivity index (χ1v) is 17.8. The number of benzene rings is 2. The summed E-state index contributed by atoms with van der Waals surface area (Å²) in [6.07, 6.45) is 5.52. The van der Waals surface area contributed by atoms with Crippen molar-refractivity contribution in [1.82, 2.24) is 40.1 Å². The molecule has 0 bridgehead atoms. The average Bonchev–Trinajstić information content (AvgIpc) is 4.00. The number of likely N-dealkylation sites (tertiary alicyclic amines) is 2. The molecule has 2 aromatic carbocycles. The van der Waals surface area contributed by atoms with Crippen LogP contribution in [0, 0.1) is 17.8 Å². The Labute approximate surface area is 347 Å². The molecule has 15 nitrogen and oxygen atoms in total. The van der Waals surface area contributed by atoms with Gasteiger partial charge in [0.15, 0.2) is 0 Å². The number of urea groups is 1. The third-order valence-electron chi connectivity index (χ3n) is 9.55. The Balaban J connectivity index is 0.00000280. The van der Waals surface area contributed by atoms with Gasteiger partial charge in [-0.3, -0.25) is 4.79 Å². The van der Waals surface area contributed by atoms with Gasteiger partial charge < -0.3 is 34.7 Å². The largest absolute Gasteiger partial charge is 0.453 e. The number of ether oxygens (including phenoxy) is 1. The van der Waals surface area contributed by atoms with E-state index in [4.69, 9.17) is 14.6 Å². The van der Waals surface area contributed by atoms with Gasteiger partial charge in [0.2, 0.25) is 12.3 Å². The maximum Gasteiger partial charge on any atom is 0.407 e. The van der Waals surface area contributed by atoms with Crippen LogP contribution in [0.5, 0.6) is 0 Å². The number of hydrazone groups is 1. The quantitative estimate of drug-likeness (QED) is 0.0590. The molecule has 2 aliphatic rings. The summed E-state index contributed by atoms with van der Waals surface area (Å²) in [7, 11) is 2.65. The molecule has 3 N–H and O–H groups in total. The first-order valence-electron chi connectivity index (χ1n) is 17.8. The molecule has 56 heavy (non-hydrogen) atoms. The van der Waals surface area contributed by atoms with E-state index in [-0.39, 0.29) is 70.4 Å². The molecule has 0 aliphatic carbocycles. The number of hydrogen-bond acceptors (Lipinski definition) is 9. The lowest BCUT2D eigenvalue weighted by Gasteiger charge is -2.29. The van der Waals surface area contributed by atoms with E-state index in [1.165, 1.54) is 19.2 Å². The second-order valence-electron chi connectivity index (χ2n) is 13.2. The van der Waals surface area contributed by atoms with E-state index in [0.717, 1.165) is 71.3 Å². The van der Waals surface area contributed by atoms with Crippen molar-refractivity contribution in [2.75, 3.05) is 33.9 Å². The Morgan fingerprint density at radius 1 is 0.964 bits per heavy atom. The summed E-state index contributed by atoms with van der Waals surface area (Å²) in [5.41, 5.74) is 5.10. The number of rotatable bonds is 10. The van der Waals surface area contributed by atoms with Gasteiger partial charge in [-0.05, 0) is 74.4 Å². The molecule has 0 spiro atoms. The molecule has 2 aliphatic heterocycles. The lowest BCUT2D eigenvalue weighted by molar-refractivity contribution is -0.188. The second kappa shape index (κ2) is 20.9. The molecule has 6 rings (SSSR count). The van der Waals surface area contributed by atoms with Gasteiger partial charge >= 0.3 is 12.1 Å². The van der Waals surface area contributed by atoms with Crippen molar-refractivity contribution < 1.29 is 28.9 Å². The highest BCUT2D eigenvalue weighted by atomic mass is 32.1. The van der Waals surface area contributed by atoms with Crippen LogP contribution in [0.2, 0.25) is 0 Å². The minimum Gasteiger partial charge on any atom is -0.453 e. The van der Waals surface area contributed by atoms with Crippen LogP contribution in [0.3, 0.4) is 0 Å². The third-order valence-corrected chi connectivity index (χ3v) is 9.55. The normalized spacial score (nSPS) is 16.7. The van der Waals surface area contributed by atoms with E-state index in [1.807, 2.05) is 63.2 Å². The van der Waals surface area contributed by atoms with Crippen molar-refractivity contribution in [2.24, 2.45) is 11.0 Å². The van der Waals surface area contributed by atoms with Gasteiger partial charge in [-0.25, -0.2) is 24.6 Å². The number of H-pyrrole nitrogens is 2. The second-order valence-corrected chi connectivity index (χ2v) is 13.2. The summed E-state index contributed by atoms with van der Waals surface area (Å²) < 4.78 is 4.75. The Morgan fingerprint density at radius 2 is 1.62 bits per heavy atom. The Morgan fingerprint density at radius 3 is 2.29 bits per heavy atom. The predicted octanol–water partition coefficient (Wildman–Crippen LogP) is 5.84. The van der Waals surface area contributed by atoms with E-state index in [2.05, 4.69) is 42.1 Å². The number of amides is 4. The molecule has 302 valence electrons. The number of nitrogens with one attached hydrogen (secondary N) is 3. The van der Waals surface area contributed by atoms with E-state index >= 15 is 0 Å². The van der Waals surface area contributed by atoms with Crippen LogP contribution in [0.15, 0.2) is 53.8 Å². The number of aromatic nitrogens is 4. The van der Waals surface area contributed by atoms with Crippen LogP contribution in [0.4, 0.5) is 9.59 Å². The van der Waals surface area contributed by atoms with Gasteiger partial charge in [0.05, 0.1) is 49.2 Å². The molecular weight excluding hydrogens is 775 g/mol. The van der Waals surface area contributed by atoms with Crippen LogP contribution >= 0.6 is 40.5 Å². The minimum atomic E-state index is -0.693. The fourth-order valence-electron chi connectivity index (χ4n) is 6.80. The van der Waals surface area contributed by atoms with E-state index in [0.29, 0.717) is 25.5 Å². The molecule has 2 saturated heterocycles. The maximum atomic E-state index is 13.5. The highest BCUT2D eigenvalue weighted by Gasteiger charge is 2.38. The van der Waals surface area contributed by atoms with Gasteiger partial charge in [0, 0.05) is 30.8 Å².